The highest BCUT2D eigenvalue weighted by molar-refractivity contribution is 5.47. The molecule has 0 aromatic carbocycles. The molecule has 0 aliphatic heterocycles. The van der Waals surface area contributed by atoms with E-state index in [0.29, 0.717) is 0 Å². The molecular formula is C33H44O. The van der Waals surface area contributed by atoms with E-state index in [-0.39, 0.29) is 21.7 Å². The van der Waals surface area contributed by atoms with Crippen LogP contribution in [0.4, 0.5) is 0 Å². The second-order valence-electron chi connectivity index (χ2n) is 13.2. The maximum absolute atomic E-state index is 10.1. The number of rotatable bonds is 0. The van der Waals surface area contributed by atoms with Crippen molar-refractivity contribution in [2.45, 2.75) is 103 Å². The molecule has 1 heteroatoms. The van der Waals surface area contributed by atoms with Gasteiger partial charge in [-0.05, 0) is 37.5 Å². The Labute approximate surface area is 210 Å². The average Bonchev–Trinajstić information content (AvgIpc) is 2.57. The van der Waals surface area contributed by atoms with E-state index in [4.69, 9.17) is 6.42 Å². The second kappa shape index (κ2) is 11.1. The predicted octanol–water partition coefficient (Wildman–Crippen LogP) is 7.49. The lowest BCUT2D eigenvalue weighted by molar-refractivity contribution is 0.143. The van der Waals surface area contributed by atoms with Gasteiger partial charge in [-0.25, -0.2) is 0 Å². The normalized spacial score (nSPS) is 11.6. The van der Waals surface area contributed by atoms with Gasteiger partial charge in [-0.2, -0.15) is 0 Å². The maximum atomic E-state index is 10.1. The van der Waals surface area contributed by atoms with E-state index in [9.17, 15) is 5.11 Å². The van der Waals surface area contributed by atoms with Crippen LogP contribution in [0.5, 0.6) is 0 Å². The largest absolute Gasteiger partial charge is 0.378 e. The van der Waals surface area contributed by atoms with Crippen LogP contribution < -0.4 is 0 Å². The van der Waals surface area contributed by atoms with Crippen LogP contribution in [0.25, 0.3) is 0 Å². The fourth-order valence-corrected chi connectivity index (χ4v) is 2.31. The van der Waals surface area contributed by atoms with E-state index in [0.717, 1.165) is 22.3 Å². The fraction of sp³-hybridized carbons (Fsp3) is 0.576. The van der Waals surface area contributed by atoms with Gasteiger partial charge < -0.3 is 5.11 Å². The van der Waals surface area contributed by atoms with Crippen molar-refractivity contribution in [3.8, 4) is 47.9 Å². The van der Waals surface area contributed by atoms with Gasteiger partial charge in [0.2, 0.25) is 0 Å². The molecule has 0 rings (SSSR count). The van der Waals surface area contributed by atoms with Gasteiger partial charge in [0.05, 0.1) is 16.7 Å². The number of aliphatic hydroxyl groups is 1. The lowest BCUT2D eigenvalue weighted by Gasteiger charge is -2.20. The van der Waals surface area contributed by atoms with Crippen LogP contribution in [0, 0.1) is 69.5 Å². The Morgan fingerprint density at radius 2 is 0.794 bits per heavy atom. The SMILES string of the molecule is C#CC(=C=C(C#CC#CC(=C=C(C#CC(C)(C)O)C(C)(C)C)C(C)(C)C)C(C)(C)C)C(C)(C)C. The van der Waals surface area contributed by atoms with Gasteiger partial charge in [-0.1, -0.05) is 112 Å². The molecule has 34 heavy (non-hydrogen) atoms. The minimum absolute atomic E-state index is 0.181. The summed E-state index contributed by atoms with van der Waals surface area (Å²) in [4.78, 5) is 0. The van der Waals surface area contributed by atoms with Crippen LogP contribution in [0.15, 0.2) is 33.8 Å². The van der Waals surface area contributed by atoms with Gasteiger partial charge >= 0.3 is 0 Å². The molecule has 0 fully saturated rings. The highest BCUT2D eigenvalue weighted by atomic mass is 16.3. The van der Waals surface area contributed by atoms with Crippen molar-refractivity contribution in [2.24, 2.45) is 21.7 Å². The van der Waals surface area contributed by atoms with E-state index in [1.807, 2.05) is 0 Å². The third-order valence-corrected chi connectivity index (χ3v) is 4.58. The van der Waals surface area contributed by atoms with Gasteiger partial charge in [0, 0.05) is 27.2 Å². The van der Waals surface area contributed by atoms with Gasteiger partial charge in [0.25, 0.3) is 0 Å². The van der Waals surface area contributed by atoms with Gasteiger partial charge in [-0.3, -0.25) is 0 Å². The van der Waals surface area contributed by atoms with Crippen LogP contribution in [0.2, 0.25) is 0 Å². The highest BCUT2D eigenvalue weighted by Crippen LogP contribution is 2.30. The maximum Gasteiger partial charge on any atom is 0.120 e. The molecule has 0 heterocycles. The molecule has 0 atom stereocenters. The van der Waals surface area contributed by atoms with Crippen LogP contribution in [-0.2, 0) is 0 Å². The first-order valence-electron chi connectivity index (χ1n) is 11.8. The van der Waals surface area contributed by atoms with Crippen molar-refractivity contribution in [3.05, 3.63) is 33.8 Å². The Hall–Kier alpha value is -2.76. The van der Waals surface area contributed by atoms with Crippen molar-refractivity contribution < 1.29 is 5.11 Å². The molecule has 0 radical (unpaired) electrons. The second-order valence-corrected chi connectivity index (χ2v) is 13.2. The predicted molar refractivity (Wildman–Crippen MR) is 147 cm³/mol. The minimum atomic E-state index is -1.08. The monoisotopic (exact) mass is 456 g/mol. The lowest BCUT2D eigenvalue weighted by atomic mass is 9.82. The summed E-state index contributed by atoms with van der Waals surface area (Å²) in [5.74, 6) is 21.2. The van der Waals surface area contributed by atoms with Crippen molar-refractivity contribution in [1.82, 2.24) is 0 Å². The zero-order valence-electron chi connectivity index (χ0n) is 24.0. The van der Waals surface area contributed by atoms with E-state index in [1.165, 1.54) is 0 Å². The molecule has 0 bridgehead atoms. The van der Waals surface area contributed by atoms with Crippen LogP contribution in [0.3, 0.4) is 0 Å². The zero-order chi connectivity index (χ0) is 27.2. The molecule has 0 saturated heterocycles. The molecule has 0 aromatic rings. The molecule has 182 valence electrons. The Morgan fingerprint density at radius 3 is 1.06 bits per heavy atom. The highest BCUT2D eigenvalue weighted by Gasteiger charge is 2.21. The van der Waals surface area contributed by atoms with E-state index in [2.05, 4.69) is 136 Å². The van der Waals surface area contributed by atoms with E-state index in [1.54, 1.807) is 13.8 Å². The lowest BCUT2D eigenvalue weighted by Crippen LogP contribution is -2.16. The van der Waals surface area contributed by atoms with Gasteiger partial charge in [0.1, 0.15) is 5.60 Å². The zero-order valence-corrected chi connectivity index (χ0v) is 24.0. The molecule has 0 aliphatic rings. The first-order valence-corrected chi connectivity index (χ1v) is 11.8. The Balaban J connectivity index is 7.02. The third kappa shape index (κ3) is 11.9. The Kier molecular flexibility index (Phi) is 10.2. The summed E-state index contributed by atoms with van der Waals surface area (Å²) in [6, 6.07) is 0. The molecule has 0 aliphatic carbocycles. The fourth-order valence-electron chi connectivity index (χ4n) is 2.31. The smallest absolute Gasteiger partial charge is 0.120 e. The Morgan fingerprint density at radius 1 is 0.500 bits per heavy atom. The number of allylic oxidation sites excluding steroid dienone is 2. The summed E-state index contributed by atoms with van der Waals surface area (Å²) in [7, 11) is 0. The molecule has 0 unspecified atom stereocenters. The van der Waals surface area contributed by atoms with Gasteiger partial charge in [0.15, 0.2) is 0 Å². The first-order chi connectivity index (χ1) is 15.0. The standard InChI is InChI=1S/C33H44O/c1-16-25(29(2,3)4)23-26(30(5,6)7)19-17-18-20-27(31(8,9)10)24-28(32(11,12)13)21-22-33(14,15)34/h1,34H,2-15H3. The van der Waals surface area contributed by atoms with Crippen LogP contribution in [-0.4, -0.2) is 10.7 Å². The summed E-state index contributed by atoms with van der Waals surface area (Å²) in [5.41, 5.74) is 8.08. The van der Waals surface area contributed by atoms with Crippen molar-refractivity contribution in [3.63, 3.8) is 0 Å². The Bertz CT molecular complexity index is 1120. The molecule has 1 N–H and O–H groups in total. The van der Waals surface area contributed by atoms with Crippen molar-refractivity contribution in [1.29, 1.82) is 0 Å². The van der Waals surface area contributed by atoms with E-state index >= 15 is 0 Å². The first kappa shape index (κ1) is 31.2. The molecule has 0 saturated carbocycles. The number of hydrogen-bond acceptors (Lipinski definition) is 1. The van der Waals surface area contributed by atoms with Crippen LogP contribution in [0.1, 0.15) is 96.9 Å². The van der Waals surface area contributed by atoms with E-state index < -0.39 is 5.60 Å². The number of terminal acetylenes is 1. The molecule has 0 amide bonds. The minimum Gasteiger partial charge on any atom is -0.378 e. The molecular weight excluding hydrogens is 412 g/mol. The molecule has 0 spiro atoms. The van der Waals surface area contributed by atoms with Gasteiger partial charge in [-0.15, -0.1) is 6.42 Å². The van der Waals surface area contributed by atoms with Crippen molar-refractivity contribution in [2.75, 3.05) is 0 Å². The summed E-state index contributed by atoms with van der Waals surface area (Å²) < 4.78 is 0. The van der Waals surface area contributed by atoms with Crippen LogP contribution >= 0.6 is 0 Å². The summed E-state index contributed by atoms with van der Waals surface area (Å²) in [6.07, 6.45) is 5.75. The summed E-state index contributed by atoms with van der Waals surface area (Å²) in [6.45, 7) is 28.3. The summed E-state index contributed by atoms with van der Waals surface area (Å²) in [5, 5.41) is 10.1. The summed E-state index contributed by atoms with van der Waals surface area (Å²) >= 11 is 0. The molecule has 0 aromatic heterocycles. The van der Waals surface area contributed by atoms with Crippen molar-refractivity contribution >= 4 is 0 Å². The quantitative estimate of drug-likeness (QED) is 0.296. The molecule has 1 nitrogen and oxygen atoms in total. The number of hydrogen-bond donors (Lipinski definition) is 1. The topological polar surface area (TPSA) is 20.2 Å². The average molecular weight is 457 g/mol. The third-order valence-electron chi connectivity index (χ3n) is 4.58.